The maximum atomic E-state index is 11.1. The minimum atomic E-state index is -3.63. The molecule has 0 aromatic heterocycles. The third kappa shape index (κ3) is 3.88. The van der Waals surface area contributed by atoms with Crippen LogP contribution in [0.4, 0.5) is 0 Å². The highest BCUT2D eigenvalue weighted by atomic mass is 35.7. The van der Waals surface area contributed by atoms with Gasteiger partial charge in [-0.1, -0.05) is 20.4 Å². The Morgan fingerprint density at radius 2 is 2.00 bits per heavy atom. The topological polar surface area (TPSA) is 51.2 Å². The summed E-state index contributed by atoms with van der Waals surface area (Å²) in [6, 6.07) is 0. The van der Waals surface area contributed by atoms with Crippen LogP contribution in [0.25, 0.3) is 0 Å². The first kappa shape index (κ1) is 11.6. The molecule has 0 heterocycles. The van der Waals surface area contributed by atoms with Crippen molar-refractivity contribution in [2.24, 2.45) is 5.41 Å². The first-order valence-corrected chi connectivity index (χ1v) is 5.76. The summed E-state index contributed by atoms with van der Waals surface area (Å²) in [5.74, 6) is -0.696. The molecule has 5 heteroatoms. The molecule has 0 N–H and O–H groups in total. The molecule has 0 atom stereocenters. The standard InChI is InChI=1S/C7H11ClO3S/c1-4-6(9)7(2,3)5-12(8,10)11/h4H,1,5H2,2-3H3. The molecular formula is C7H11ClO3S. The van der Waals surface area contributed by atoms with Gasteiger partial charge in [0.05, 0.1) is 5.75 Å². The zero-order chi connectivity index (χ0) is 9.99. The number of halogens is 1. The Morgan fingerprint density at radius 3 is 2.25 bits per heavy atom. The summed E-state index contributed by atoms with van der Waals surface area (Å²) in [6.07, 6.45) is 1.10. The minimum absolute atomic E-state index is 0.327. The summed E-state index contributed by atoms with van der Waals surface area (Å²) < 4.78 is 21.3. The van der Waals surface area contributed by atoms with Gasteiger partial charge in [-0.2, -0.15) is 0 Å². The normalized spacial score (nSPS) is 12.6. The summed E-state index contributed by atoms with van der Waals surface area (Å²) in [5, 5.41) is 0. The van der Waals surface area contributed by atoms with E-state index in [1.807, 2.05) is 0 Å². The molecule has 0 aliphatic heterocycles. The van der Waals surface area contributed by atoms with Crippen LogP contribution in [0.15, 0.2) is 12.7 Å². The average Bonchev–Trinajstić information content (AvgIpc) is 1.80. The van der Waals surface area contributed by atoms with E-state index in [1.165, 1.54) is 13.8 Å². The lowest BCUT2D eigenvalue weighted by molar-refractivity contribution is -0.121. The average molecular weight is 211 g/mol. The number of ketones is 1. The molecule has 0 saturated heterocycles. The maximum absolute atomic E-state index is 11.1. The van der Waals surface area contributed by atoms with Crippen LogP contribution in [0.5, 0.6) is 0 Å². The summed E-state index contributed by atoms with van der Waals surface area (Å²) in [5.41, 5.74) is -0.984. The largest absolute Gasteiger partial charge is 0.294 e. The zero-order valence-electron chi connectivity index (χ0n) is 7.00. The molecule has 0 amide bonds. The molecule has 0 rings (SSSR count). The lowest BCUT2D eigenvalue weighted by Gasteiger charge is -2.18. The van der Waals surface area contributed by atoms with Crippen molar-refractivity contribution in [3.8, 4) is 0 Å². The smallest absolute Gasteiger partial charge is 0.233 e. The van der Waals surface area contributed by atoms with E-state index in [4.69, 9.17) is 10.7 Å². The van der Waals surface area contributed by atoms with E-state index >= 15 is 0 Å². The van der Waals surface area contributed by atoms with Gasteiger partial charge < -0.3 is 0 Å². The van der Waals surface area contributed by atoms with Crippen LogP contribution in [-0.4, -0.2) is 20.0 Å². The fraction of sp³-hybridized carbons (Fsp3) is 0.571. The van der Waals surface area contributed by atoms with Gasteiger partial charge in [0.2, 0.25) is 9.05 Å². The first-order valence-electron chi connectivity index (χ1n) is 3.28. The van der Waals surface area contributed by atoms with Crippen LogP contribution >= 0.6 is 10.7 Å². The predicted octanol–water partition coefficient (Wildman–Crippen LogP) is 1.34. The molecule has 0 saturated carbocycles. The van der Waals surface area contributed by atoms with E-state index in [1.54, 1.807) is 0 Å². The number of carbonyl (C=O) groups excluding carboxylic acids is 1. The third-order valence-corrected chi connectivity index (χ3v) is 2.78. The summed E-state index contributed by atoms with van der Waals surface area (Å²) in [4.78, 5) is 11.1. The molecule has 0 aliphatic rings. The molecule has 0 bridgehead atoms. The molecule has 0 fully saturated rings. The predicted molar refractivity (Wildman–Crippen MR) is 48.6 cm³/mol. The first-order chi connectivity index (χ1) is 5.19. The highest BCUT2D eigenvalue weighted by molar-refractivity contribution is 8.13. The molecule has 0 spiro atoms. The molecule has 3 nitrogen and oxygen atoms in total. The van der Waals surface area contributed by atoms with E-state index in [0.29, 0.717) is 0 Å². The highest BCUT2D eigenvalue weighted by Crippen LogP contribution is 2.21. The van der Waals surface area contributed by atoms with Crippen LogP contribution in [0.3, 0.4) is 0 Å². The van der Waals surface area contributed by atoms with Gasteiger partial charge in [0, 0.05) is 16.1 Å². The van der Waals surface area contributed by atoms with Crippen LogP contribution in [0.2, 0.25) is 0 Å². The van der Waals surface area contributed by atoms with Gasteiger partial charge in [-0.15, -0.1) is 0 Å². The Morgan fingerprint density at radius 1 is 1.58 bits per heavy atom. The van der Waals surface area contributed by atoms with Crippen molar-refractivity contribution in [1.29, 1.82) is 0 Å². The fourth-order valence-corrected chi connectivity index (χ4v) is 2.60. The summed E-state index contributed by atoms with van der Waals surface area (Å²) in [6.45, 7) is 6.29. The molecule has 0 aromatic carbocycles. The van der Waals surface area contributed by atoms with Gasteiger partial charge in [0.25, 0.3) is 0 Å². The molecule has 12 heavy (non-hydrogen) atoms. The Hall–Kier alpha value is -0.350. The number of allylic oxidation sites excluding steroid dienone is 1. The van der Waals surface area contributed by atoms with Gasteiger partial charge in [-0.25, -0.2) is 8.42 Å². The molecular weight excluding hydrogens is 200 g/mol. The Bertz CT molecular complexity index is 290. The Labute approximate surface area is 76.8 Å². The van der Waals surface area contributed by atoms with Crippen LogP contribution < -0.4 is 0 Å². The van der Waals surface area contributed by atoms with E-state index in [9.17, 15) is 13.2 Å². The molecule has 0 aromatic rings. The number of hydrogen-bond acceptors (Lipinski definition) is 3. The molecule has 0 unspecified atom stereocenters. The van der Waals surface area contributed by atoms with E-state index in [0.717, 1.165) is 6.08 Å². The summed E-state index contributed by atoms with van der Waals surface area (Å²) in [7, 11) is 1.37. The van der Waals surface area contributed by atoms with Crippen LogP contribution in [0, 0.1) is 5.41 Å². The SMILES string of the molecule is C=CC(=O)C(C)(C)CS(=O)(=O)Cl. The second-order valence-electron chi connectivity index (χ2n) is 3.14. The van der Waals surface area contributed by atoms with Crippen molar-refractivity contribution in [2.45, 2.75) is 13.8 Å². The second-order valence-corrected chi connectivity index (χ2v) is 5.91. The fourth-order valence-electron chi connectivity index (χ4n) is 0.778. The second kappa shape index (κ2) is 3.58. The van der Waals surface area contributed by atoms with Gasteiger partial charge in [0.1, 0.15) is 0 Å². The van der Waals surface area contributed by atoms with Crippen LogP contribution in [-0.2, 0) is 13.8 Å². The van der Waals surface area contributed by atoms with Crippen molar-refractivity contribution < 1.29 is 13.2 Å². The zero-order valence-corrected chi connectivity index (χ0v) is 8.57. The molecule has 0 aliphatic carbocycles. The van der Waals surface area contributed by atoms with Crippen molar-refractivity contribution in [3.63, 3.8) is 0 Å². The van der Waals surface area contributed by atoms with Crippen molar-refractivity contribution in [3.05, 3.63) is 12.7 Å². The van der Waals surface area contributed by atoms with Crippen molar-refractivity contribution >= 4 is 25.5 Å². The molecule has 70 valence electrons. The lowest BCUT2D eigenvalue weighted by Crippen LogP contribution is -2.29. The summed E-state index contributed by atoms with van der Waals surface area (Å²) >= 11 is 0. The van der Waals surface area contributed by atoms with Gasteiger partial charge in [-0.05, 0) is 6.08 Å². The van der Waals surface area contributed by atoms with E-state index in [-0.39, 0.29) is 11.5 Å². The van der Waals surface area contributed by atoms with Gasteiger partial charge in [0.15, 0.2) is 5.78 Å². The Kier molecular flexibility index (Phi) is 3.47. The quantitative estimate of drug-likeness (QED) is 0.520. The minimum Gasteiger partial charge on any atom is -0.294 e. The van der Waals surface area contributed by atoms with Crippen LogP contribution in [0.1, 0.15) is 13.8 Å². The van der Waals surface area contributed by atoms with E-state index < -0.39 is 14.5 Å². The van der Waals surface area contributed by atoms with Crippen molar-refractivity contribution in [2.75, 3.05) is 5.75 Å². The Balaban J connectivity index is 4.65. The number of carbonyl (C=O) groups is 1. The van der Waals surface area contributed by atoms with Gasteiger partial charge >= 0.3 is 0 Å². The van der Waals surface area contributed by atoms with E-state index in [2.05, 4.69) is 6.58 Å². The maximum Gasteiger partial charge on any atom is 0.233 e. The number of rotatable bonds is 4. The highest BCUT2D eigenvalue weighted by Gasteiger charge is 2.30. The number of hydrogen-bond donors (Lipinski definition) is 0. The molecule has 0 radical (unpaired) electrons. The monoisotopic (exact) mass is 210 g/mol. The van der Waals surface area contributed by atoms with Gasteiger partial charge in [-0.3, -0.25) is 4.79 Å². The lowest BCUT2D eigenvalue weighted by atomic mass is 9.91. The van der Waals surface area contributed by atoms with Crippen molar-refractivity contribution in [1.82, 2.24) is 0 Å². The third-order valence-electron chi connectivity index (χ3n) is 1.39.